The quantitative estimate of drug-likeness (QED) is 0.0605. The highest BCUT2D eigenvalue weighted by Gasteiger charge is 2.39. The second-order valence-electron chi connectivity index (χ2n) is 10.8. The number of hydrogen-bond acceptors (Lipinski definition) is 14. The predicted molar refractivity (Wildman–Crippen MR) is 190 cm³/mol. The molecule has 0 unspecified atom stereocenters. The van der Waals surface area contributed by atoms with Gasteiger partial charge in [-0.1, -0.05) is 0 Å². The second-order valence-corrected chi connectivity index (χ2v) is 12.5. The number of thiazole rings is 2. The van der Waals surface area contributed by atoms with E-state index in [0.29, 0.717) is 49.3 Å². The van der Waals surface area contributed by atoms with E-state index in [1.165, 1.54) is 47.2 Å². The lowest BCUT2D eigenvalue weighted by atomic mass is 10.1. The number of carbonyl (C=O) groups is 6. The molecule has 2 heterocycles. The number of amides is 2. The van der Waals surface area contributed by atoms with Crippen LogP contribution in [0.3, 0.4) is 0 Å². The van der Waals surface area contributed by atoms with E-state index in [1.807, 2.05) is 0 Å². The molecule has 0 bridgehead atoms. The monoisotopic (exact) mass is 868 g/mol. The van der Waals surface area contributed by atoms with Crippen LogP contribution in [0.1, 0.15) is 41.7 Å². The van der Waals surface area contributed by atoms with Crippen molar-refractivity contribution in [3.63, 3.8) is 0 Å². The van der Waals surface area contributed by atoms with Gasteiger partial charge in [-0.25, -0.2) is 29.1 Å². The molecule has 4 rings (SSSR count). The van der Waals surface area contributed by atoms with Crippen LogP contribution in [0, 0.1) is 0 Å². The molecule has 0 saturated carbocycles. The Bertz CT molecular complexity index is 1950. The first-order chi connectivity index (χ1) is 27.0. The molecule has 18 nitrogen and oxygen atoms in total. The summed E-state index contributed by atoms with van der Waals surface area (Å²) in [5.41, 5.74) is 0.797. The van der Waals surface area contributed by atoms with E-state index in [9.17, 15) is 55.7 Å². The zero-order valence-electron chi connectivity index (χ0n) is 29.0. The van der Waals surface area contributed by atoms with Crippen molar-refractivity contribution in [1.82, 2.24) is 31.2 Å². The minimum atomic E-state index is -5.08. The van der Waals surface area contributed by atoms with Crippen molar-refractivity contribution in [2.24, 2.45) is 0 Å². The molecular weight excluding hydrogens is 839 g/mol. The number of aliphatic carboxylic acids is 2. The van der Waals surface area contributed by atoms with Gasteiger partial charge in [0.05, 0.1) is 22.3 Å². The molecule has 0 radical (unpaired) electrons. The van der Waals surface area contributed by atoms with Gasteiger partial charge in [0.2, 0.25) is 0 Å². The summed E-state index contributed by atoms with van der Waals surface area (Å²) in [6.45, 7) is 2.90. The molecule has 2 amide bonds. The lowest BCUT2D eigenvalue weighted by Gasteiger charge is -2.08. The summed E-state index contributed by atoms with van der Waals surface area (Å²) in [5, 5.41) is 68.3. The number of nitrogens with zero attached hydrogens (tertiary/aromatic N) is 2. The van der Waals surface area contributed by atoms with Crippen LogP contribution < -0.4 is 21.3 Å². The Morgan fingerprint density at radius 1 is 0.552 bits per heavy atom. The van der Waals surface area contributed by atoms with Crippen molar-refractivity contribution >= 4 is 58.4 Å². The highest BCUT2D eigenvalue weighted by atomic mass is 32.1. The van der Waals surface area contributed by atoms with Gasteiger partial charge in [0.1, 0.15) is 32.9 Å². The standard InChI is InChI=1S/C28H28N6O8S2.2C2HF3O2/c35-21-3-1-15(27(39)40)11-17(21)25-33-19(13-43-25)23(37)31-9-7-29-5-6-30-8-10-32-24(38)20-14-44-26(34-20)18-12-16(28(41)42)2-4-22(18)36;2*3-2(4,5)1(6)7/h1-4,11-14,29-30,35-36H,5-10H2,(H,31,37)(H,32,38)(H,39,40)(H,41,42);2*(H,6,7). The maximum absolute atomic E-state index is 12.4. The lowest BCUT2D eigenvalue weighted by molar-refractivity contribution is -0.193. The van der Waals surface area contributed by atoms with Crippen LogP contribution in [0.5, 0.6) is 11.5 Å². The Morgan fingerprint density at radius 3 is 1.16 bits per heavy atom. The summed E-state index contributed by atoms with van der Waals surface area (Å²) in [7, 11) is 0. The molecule has 26 heteroatoms. The van der Waals surface area contributed by atoms with Crippen LogP contribution in [0.15, 0.2) is 47.2 Å². The van der Waals surface area contributed by atoms with Gasteiger partial charge in [0, 0.05) is 50.0 Å². The number of benzene rings is 2. The van der Waals surface area contributed by atoms with E-state index in [0.717, 1.165) is 22.7 Å². The Kier molecular flexibility index (Phi) is 18.0. The Morgan fingerprint density at radius 2 is 0.862 bits per heavy atom. The topological polar surface area (TPSA) is 298 Å². The molecular formula is C32H30F6N6O12S2. The number of aromatic nitrogens is 2. The van der Waals surface area contributed by atoms with Crippen LogP contribution in [-0.2, 0) is 9.59 Å². The Hall–Kier alpha value is -6.38. The number of nitrogens with one attached hydrogen (secondary N) is 4. The normalized spacial score (nSPS) is 10.9. The van der Waals surface area contributed by atoms with Crippen LogP contribution in [-0.4, -0.2) is 128 Å². The van der Waals surface area contributed by atoms with Gasteiger partial charge in [-0.3, -0.25) is 9.59 Å². The fraction of sp³-hybridized carbons (Fsp3) is 0.250. The molecule has 0 fully saturated rings. The summed E-state index contributed by atoms with van der Waals surface area (Å²) in [4.78, 5) is 73.4. The first kappa shape index (κ1) is 47.8. The van der Waals surface area contributed by atoms with Crippen LogP contribution in [0.4, 0.5) is 26.3 Å². The van der Waals surface area contributed by atoms with E-state index in [1.54, 1.807) is 0 Å². The first-order valence-electron chi connectivity index (χ1n) is 15.6. The van der Waals surface area contributed by atoms with Crippen LogP contribution >= 0.6 is 22.7 Å². The zero-order chi connectivity index (χ0) is 43.8. The van der Waals surface area contributed by atoms with E-state index in [4.69, 9.17) is 30.0 Å². The van der Waals surface area contributed by atoms with Gasteiger partial charge in [-0.15, -0.1) is 22.7 Å². The molecule has 0 spiro atoms. The maximum Gasteiger partial charge on any atom is 0.490 e. The second kappa shape index (κ2) is 21.8. The number of carboxylic acids is 4. The largest absolute Gasteiger partial charge is 0.507 e. The third kappa shape index (κ3) is 15.6. The van der Waals surface area contributed by atoms with Gasteiger partial charge in [0.25, 0.3) is 11.8 Å². The molecule has 0 aliphatic rings. The van der Waals surface area contributed by atoms with Crippen LogP contribution in [0.2, 0.25) is 0 Å². The number of carbonyl (C=O) groups excluding carboxylic acids is 2. The predicted octanol–water partition coefficient (Wildman–Crippen LogP) is 3.35. The zero-order valence-corrected chi connectivity index (χ0v) is 30.6. The molecule has 4 aromatic rings. The minimum absolute atomic E-state index is 0.000296. The fourth-order valence-electron chi connectivity index (χ4n) is 3.82. The molecule has 2 aromatic heterocycles. The number of rotatable bonds is 15. The van der Waals surface area contributed by atoms with Crippen molar-refractivity contribution in [3.8, 4) is 32.6 Å². The number of phenols is 2. The number of aromatic carboxylic acids is 2. The molecule has 0 saturated heterocycles. The third-order valence-electron chi connectivity index (χ3n) is 6.56. The van der Waals surface area contributed by atoms with Gasteiger partial charge < -0.3 is 51.9 Å². The minimum Gasteiger partial charge on any atom is -0.507 e. The van der Waals surface area contributed by atoms with Gasteiger partial charge >= 0.3 is 36.2 Å². The third-order valence-corrected chi connectivity index (χ3v) is 8.31. The van der Waals surface area contributed by atoms with Crippen LogP contribution in [0.25, 0.3) is 21.1 Å². The molecule has 314 valence electrons. The number of alkyl halides is 6. The lowest BCUT2D eigenvalue weighted by Crippen LogP contribution is -2.37. The van der Waals surface area contributed by atoms with Crippen molar-refractivity contribution in [3.05, 3.63) is 69.7 Å². The smallest absolute Gasteiger partial charge is 0.490 e. The fourth-order valence-corrected chi connectivity index (χ4v) is 5.47. The molecule has 0 aliphatic carbocycles. The van der Waals surface area contributed by atoms with Crippen molar-refractivity contribution in [1.29, 1.82) is 0 Å². The molecule has 2 aromatic carbocycles. The summed E-state index contributed by atoms with van der Waals surface area (Å²) >= 11 is 2.24. The summed E-state index contributed by atoms with van der Waals surface area (Å²) in [5.74, 6) is -8.83. The maximum atomic E-state index is 12.4. The van der Waals surface area contributed by atoms with Crippen molar-refractivity contribution in [2.75, 3.05) is 39.3 Å². The summed E-state index contributed by atoms with van der Waals surface area (Å²) in [6.07, 6.45) is -10.2. The van der Waals surface area contributed by atoms with Gasteiger partial charge in [-0.05, 0) is 36.4 Å². The number of carboxylic acid groups (broad SMARTS) is 4. The highest BCUT2D eigenvalue weighted by Crippen LogP contribution is 2.33. The van der Waals surface area contributed by atoms with E-state index in [-0.39, 0.29) is 45.1 Å². The number of hydrogen-bond donors (Lipinski definition) is 10. The first-order valence-corrected chi connectivity index (χ1v) is 17.4. The molecule has 0 atom stereocenters. The Balaban J connectivity index is 0.000000707. The van der Waals surface area contributed by atoms with Gasteiger partial charge in [-0.2, -0.15) is 26.3 Å². The van der Waals surface area contributed by atoms with Gasteiger partial charge in [0.15, 0.2) is 0 Å². The summed E-state index contributed by atoms with van der Waals surface area (Å²) < 4.78 is 63.5. The Labute approximate surface area is 328 Å². The number of phenolic OH excluding ortho intramolecular Hbond substituents is 2. The highest BCUT2D eigenvalue weighted by molar-refractivity contribution is 7.13. The molecule has 10 N–H and O–H groups in total. The average molecular weight is 869 g/mol. The molecule has 0 aliphatic heterocycles. The number of aromatic hydroxyl groups is 2. The number of halogens is 6. The van der Waals surface area contributed by atoms with Crippen molar-refractivity contribution < 1.29 is 85.7 Å². The SMILES string of the molecule is O=C(O)C(F)(F)F.O=C(O)C(F)(F)F.O=C(O)c1ccc(O)c(-c2nc(C(=O)NCCNCCNCCNC(=O)c3csc(-c4cc(C(=O)O)ccc4O)n3)cs2)c1. The summed E-state index contributed by atoms with van der Waals surface area (Å²) in [6, 6.07) is 7.72. The average Bonchev–Trinajstić information content (AvgIpc) is 3.83. The van der Waals surface area contributed by atoms with E-state index >= 15 is 0 Å². The van der Waals surface area contributed by atoms with E-state index in [2.05, 4.69) is 31.2 Å². The van der Waals surface area contributed by atoms with Crippen molar-refractivity contribution in [2.45, 2.75) is 12.4 Å². The van der Waals surface area contributed by atoms with E-state index < -0.39 is 48.0 Å². The molecule has 58 heavy (non-hydrogen) atoms.